The molecule has 0 aromatic carbocycles. The van der Waals surface area contributed by atoms with Crippen molar-refractivity contribution in [1.29, 1.82) is 0 Å². The van der Waals surface area contributed by atoms with E-state index < -0.39 is 0 Å². The van der Waals surface area contributed by atoms with E-state index in [4.69, 9.17) is 27.6 Å². The van der Waals surface area contributed by atoms with Gasteiger partial charge >= 0.3 is 0 Å². The molecule has 0 amide bonds. The quantitative estimate of drug-likeness (QED) is 0.704. The largest absolute Gasteiger partial charge is 0.448 e. The molecule has 1 nitrogen and oxygen atoms in total. The zero-order chi connectivity index (χ0) is 10.1. The van der Waals surface area contributed by atoms with Crippen molar-refractivity contribution in [3.05, 3.63) is 43.9 Å². The number of furan rings is 1. The summed E-state index contributed by atoms with van der Waals surface area (Å²) in [7, 11) is 0. The van der Waals surface area contributed by atoms with Crippen molar-refractivity contribution in [1.82, 2.24) is 0 Å². The summed E-state index contributed by atoms with van der Waals surface area (Å²) in [5, 5.41) is 2.05. The van der Waals surface area contributed by atoms with E-state index in [-0.39, 0.29) is 5.38 Å². The van der Waals surface area contributed by atoms with Gasteiger partial charge in [0.25, 0.3) is 0 Å². The average Bonchev–Trinajstić information content (AvgIpc) is 2.73. The molecular formula is C9H5BrCl2OS. The first kappa shape index (κ1) is 10.6. The first-order valence-corrected chi connectivity index (χ1v) is 6.29. The molecule has 5 heteroatoms. The standard InChI is InChI=1S/C9H5BrCl2OS/c10-5-3-4-14-9(5)8(12)6-1-2-7(11)13-6/h1-4,8H. The van der Waals surface area contributed by atoms with Crippen LogP contribution in [0.2, 0.25) is 5.22 Å². The molecule has 0 aliphatic carbocycles. The van der Waals surface area contributed by atoms with Gasteiger partial charge < -0.3 is 4.42 Å². The van der Waals surface area contributed by atoms with Gasteiger partial charge in [-0.15, -0.1) is 22.9 Å². The smallest absolute Gasteiger partial charge is 0.193 e. The van der Waals surface area contributed by atoms with E-state index in [0.717, 1.165) is 9.35 Å². The highest BCUT2D eigenvalue weighted by Gasteiger charge is 2.18. The molecule has 74 valence electrons. The lowest BCUT2D eigenvalue weighted by molar-refractivity contribution is 0.519. The van der Waals surface area contributed by atoms with Gasteiger partial charge in [-0.25, -0.2) is 0 Å². The zero-order valence-electron chi connectivity index (χ0n) is 6.84. The third-order valence-electron chi connectivity index (χ3n) is 1.72. The Bertz CT molecular complexity index is 437. The van der Waals surface area contributed by atoms with Gasteiger partial charge in [-0.2, -0.15) is 0 Å². The van der Waals surface area contributed by atoms with Gasteiger partial charge in [-0.3, -0.25) is 0 Å². The van der Waals surface area contributed by atoms with Crippen molar-refractivity contribution < 1.29 is 4.42 Å². The number of hydrogen-bond donors (Lipinski definition) is 0. The van der Waals surface area contributed by atoms with Crippen LogP contribution in [-0.2, 0) is 0 Å². The second kappa shape index (κ2) is 4.27. The molecule has 0 aliphatic rings. The molecule has 2 aromatic rings. The van der Waals surface area contributed by atoms with Gasteiger partial charge in [-0.1, -0.05) is 0 Å². The molecule has 0 fully saturated rings. The normalized spacial score (nSPS) is 13.1. The molecule has 0 bridgehead atoms. The lowest BCUT2D eigenvalue weighted by atomic mass is 10.3. The maximum atomic E-state index is 6.22. The Kier molecular flexibility index (Phi) is 3.22. The van der Waals surface area contributed by atoms with Crippen LogP contribution in [0.3, 0.4) is 0 Å². The van der Waals surface area contributed by atoms with Crippen LogP contribution < -0.4 is 0 Å². The molecule has 0 aliphatic heterocycles. The average molecular weight is 312 g/mol. The van der Waals surface area contributed by atoms with Crippen LogP contribution in [0.15, 0.2) is 32.5 Å². The highest BCUT2D eigenvalue weighted by molar-refractivity contribution is 9.10. The first-order chi connectivity index (χ1) is 6.68. The third-order valence-corrected chi connectivity index (χ3v) is 4.42. The van der Waals surface area contributed by atoms with Gasteiger partial charge in [0, 0.05) is 9.35 Å². The molecule has 0 saturated heterocycles. The molecule has 2 aromatic heterocycles. The fourth-order valence-electron chi connectivity index (χ4n) is 1.08. The Labute approximate surface area is 104 Å². The van der Waals surface area contributed by atoms with Crippen molar-refractivity contribution in [2.24, 2.45) is 0 Å². The predicted octanol–water partition coefficient (Wildman–Crippen LogP) is 5.09. The SMILES string of the molecule is Clc1ccc(C(Cl)c2sccc2Br)o1. The minimum absolute atomic E-state index is 0.281. The fourth-order valence-corrected chi connectivity index (χ4v) is 3.34. The van der Waals surface area contributed by atoms with Crippen molar-refractivity contribution in [2.75, 3.05) is 0 Å². The second-order valence-electron chi connectivity index (χ2n) is 2.64. The summed E-state index contributed by atoms with van der Waals surface area (Å²) in [6.07, 6.45) is 0. The van der Waals surface area contributed by atoms with Crippen molar-refractivity contribution >= 4 is 50.5 Å². The number of thiophene rings is 1. The maximum absolute atomic E-state index is 6.22. The third kappa shape index (κ3) is 2.01. The second-order valence-corrected chi connectivity index (χ2v) is 5.25. The Morgan fingerprint density at radius 3 is 2.64 bits per heavy atom. The summed E-state index contributed by atoms with van der Waals surface area (Å²) in [6, 6.07) is 5.43. The van der Waals surface area contributed by atoms with Gasteiger partial charge in [0.05, 0.1) is 0 Å². The predicted molar refractivity (Wildman–Crippen MR) is 63.4 cm³/mol. The fraction of sp³-hybridized carbons (Fsp3) is 0.111. The minimum Gasteiger partial charge on any atom is -0.448 e. The van der Waals surface area contributed by atoms with Crippen LogP contribution in [-0.4, -0.2) is 0 Å². The van der Waals surface area contributed by atoms with Crippen molar-refractivity contribution in [2.45, 2.75) is 5.38 Å². The van der Waals surface area contributed by atoms with Crippen LogP contribution in [0.4, 0.5) is 0 Å². The summed E-state index contributed by atoms with van der Waals surface area (Å²) in [6.45, 7) is 0. The van der Waals surface area contributed by atoms with E-state index in [9.17, 15) is 0 Å². The van der Waals surface area contributed by atoms with Crippen LogP contribution in [0, 0.1) is 0 Å². The molecule has 0 spiro atoms. The molecule has 1 atom stereocenters. The molecule has 14 heavy (non-hydrogen) atoms. The Hall–Kier alpha value is 0.0400. The molecule has 0 N–H and O–H groups in total. The van der Waals surface area contributed by atoms with E-state index in [2.05, 4.69) is 15.9 Å². The van der Waals surface area contributed by atoms with Gasteiger partial charge in [0.1, 0.15) is 11.1 Å². The number of rotatable bonds is 2. The molecule has 0 radical (unpaired) electrons. The van der Waals surface area contributed by atoms with Crippen LogP contribution >= 0.6 is 50.5 Å². The molecule has 2 rings (SSSR count). The Morgan fingerprint density at radius 1 is 1.36 bits per heavy atom. The molecule has 0 saturated carbocycles. The Morgan fingerprint density at radius 2 is 2.14 bits per heavy atom. The minimum atomic E-state index is -0.281. The van der Waals surface area contributed by atoms with Crippen molar-refractivity contribution in [3.63, 3.8) is 0 Å². The van der Waals surface area contributed by atoms with Crippen LogP contribution in [0.25, 0.3) is 0 Å². The maximum Gasteiger partial charge on any atom is 0.193 e. The molecule has 1 unspecified atom stereocenters. The van der Waals surface area contributed by atoms with Gasteiger partial charge in [-0.05, 0) is 51.1 Å². The van der Waals surface area contributed by atoms with E-state index in [1.165, 1.54) is 0 Å². The Balaban J connectivity index is 2.33. The highest BCUT2D eigenvalue weighted by atomic mass is 79.9. The summed E-state index contributed by atoms with van der Waals surface area (Å²) >= 11 is 16.9. The zero-order valence-corrected chi connectivity index (χ0v) is 10.8. The lowest BCUT2D eigenvalue weighted by Gasteiger charge is -2.03. The van der Waals surface area contributed by atoms with E-state index in [1.807, 2.05) is 11.4 Å². The van der Waals surface area contributed by atoms with E-state index in [0.29, 0.717) is 11.0 Å². The topological polar surface area (TPSA) is 13.1 Å². The summed E-state index contributed by atoms with van der Waals surface area (Å²) < 4.78 is 6.24. The van der Waals surface area contributed by atoms with Gasteiger partial charge in [0.2, 0.25) is 0 Å². The molecule has 2 heterocycles. The summed E-state index contributed by atoms with van der Waals surface area (Å²) in [5.41, 5.74) is 0. The van der Waals surface area contributed by atoms with Crippen LogP contribution in [0.1, 0.15) is 16.0 Å². The van der Waals surface area contributed by atoms with E-state index in [1.54, 1.807) is 23.5 Å². The van der Waals surface area contributed by atoms with Crippen molar-refractivity contribution in [3.8, 4) is 0 Å². The lowest BCUT2D eigenvalue weighted by Crippen LogP contribution is -1.87. The van der Waals surface area contributed by atoms with Gasteiger partial charge in [0.15, 0.2) is 5.22 Å². The summed E-state index contributed by atoms with van der Waals surface area (Å²) in [4.78, 5) is 1.03. The molecular weight excluding hydrogens is 307 g/mol. The first-order valence-electron chi connectivity index (χ1n) is 3.80. The van der Waals surface area contributed by atoms with Crippen LogP contribution in [0.5, 0.6) is 0 Å². The summed E-state index contributed by atoms with van der Waals surface area (Å²) in [5.74, 6) is 0.666. The monoisotopic (exact) mass is 310 g/mol. The van der Waals surface area contributed by atoms with E-state index >= 15 is 0 Å². The number of alkyl halides is 1. The number of hydrogen-bond acceptors (Lipinski definition) is 2. The highest BCUT2D eigenvalue weighted by Crippen LogP contribution is 2.38. The number of halogens is 3.